The minimum Gasteiger partial charge on any atom is -0.493 e. The van der Waals surface area contributed by atoms with Crippen molar-refractivity contribution in [2.24, 2.45) is 0 Å². The van der Waals surface area contributed by atoms with Crippen LogP contribution in [0.5, 0.6) is 11.5 Å². The molecule has 1 aromatic rings. The van der Waals surface area contributed by atoms with Gasteiger partial charge in [0.15, 0.2) is 17.3 Å². The number of methoxy groups -OCH3 is 1. The lowest BCUT2D eigenvalue weighted by molar-refractivity contribution is -0.114. The van der Waals surface area contributed by atoms with E-state index < -0.39 is 0 Å². The number of ketones is 1. The Morgan fingerprint density at radius 1 is 1.29 bits per heavy atom. The summed E-state index contributed by atoms with van der Waals surface area (Å²) in [6.07, 6.45) is 3.97. The van der Waals surface area contributed by atoms with Crippen molar-refractivity contribution in [1.29, 1.82) is 0 Å². The van der Waals surface area contributed by atoms with E-state index in [9.17, 15) is 4.79 Å². The van der Waals surface area contributed by atoms with Gasteiger partial charge in [-0.25, -0.2) is 0 Å². The van der Waals surface area contributed by atoms with Gasteiger partial charge in [-0.05, 0) is 18.6 Å². The molecule has 0 saturated carbocycles. The molecule has 0 bridgehead atoms. The normalized spacial score (nSPS) is 21.3. The Hall–Kier alpha value is -2.01. The van der Waals surface area contributed by atoms with Gasteiger partial charge in [0, 0.05) is 36.4 Å². The molecule has 0 aromatic heterocycles. The van der Waals surface area contributed by atoms with Gasteiger partial charge in [0.05, 0.1) is 20.3 Å². The molecule has 1 saturated heterocycles. The van der Waals surface area contributed by atoms with E-state index in [1.807, 2.05) is 18.2 Å². The average Bonchev–Trinajstić information content (AvgIpc) is 3.11. The molecule has 1 fully saturated rings. The first-order valence-corrected chi connectivity index (χ1v) is 7.17. The Kier molecular flexibility index (Phi) is 4.10. The van der Waals surface area contributed by atoms with Crippen LogP contribution in [0.25, 0.3) is 0 Å². The molecule has 1 atom stereocenters. The van der Waals surface area contributed by atoms with Gasteiger partial charge in [-0.2, -0.15) is 0 Å². The summed E-state index contributed by atoms with van der Waals surface area (Å²) in [5, 5.41) is 3.26. The summed E-state index contributed by atoms with van der Waals surface area (Å²) < 4.78 is 16.6. The van der Waals surface area contributed by atoms with Crippen LogP contribution in [0.2, 0.25) is 0 Å². The standard InChI is InChI=1S/C16H19NO4/c1-19-15-5-3-12(17-11-2-4-13(18)8-11)9-16(15)21-14-6-7-20-10-14/h3,5,8-9,14,17H,2,4,6-7,10H2,1H3. The number of benzene rings is 1. The van der Waals surface area contributed by atoms with Gasteiger partial charge in [-0.1, -0.05) is 0 Å². The van der Waals surface area contributed by atoms with E-state index in [1.165, 1.54) is 0 Å². The highest BCUT2D eigenvalue weighted by atomic mass is 16.6. The number of carbonyl (C=O) groups is 1. The summed E-state index contributed by atoms with van der Waals surface area (Å²) in [7, 11) is 1.62. The summed E-state index contributed by atoms with van der Waals surface area (Å²) in [5.41, 5.74) is 1.84. The molecule has 1 heterocycles. The van der Waals surface area contributed by atoms with Crippen LogP contribution in [-0.4, -0.2) is 32.2 Å². The molecule has 5 heteroatoms. The topological polar surface area (TPSA) is 56.8 Å². The van der Waals surface area contributed by atoms with E-state index in [-0.39, 0.29) is 11.9 Å². The maximum atomic E-state index is 11.3. The van der Waals surface area contributed by atoms with E-state index in [1.54, 1.807) is 13.2 Å². The Balaban J connectivity index is 1.75. The molecule has 0 radical (unpaired) electrons. The second-order valence-corrected chi connectivity index (χ2v) is 5.23. The Morgan fingerprint density at radius 2 is 2.19 bits per heavy atom. The van der Waals surface area contributed by atoms with Crippen molar-refractivity contribution in [3.05, 3.63) is 30.0 Å². The number of hydrogen-bond donors (Lipinski definition) is 1. The zero-order valence-electron chi connectivity index (χ0n) is 12.1. The number of allylic oxidation sites excluding steroid dienone is 2. The van der Waals surface area contributed by atoms with Crippen LogP contribution < -0.4 is 14.8 Å². The summed E-state index contributed by atoms with van der Waals surface area (Å²) in [4.78, 5) is 11.3. The van der Waals surface area contributed by atoms with Crippen LogP contribution >= 0.6 is 0 Å². The number of nitrogens with one attached hydrogen (secondary N) is 1. The summed E-state index contributed by atoms with van der Waals surface area (Å²) in [6.45, 7) is 1.35. The molecule has 1 unspecified atom stereocenters. The monoisotopic (exact) mass is 289 g/mol. The van der Waals surface area contributed by atoms with Gasteiger partial charge in [0.25, 0.3) is 0 Å². The minimum atomic E-state index is 0.0708. The van der Waals surface area contributed by atoms with Crippen molar-refractivity contribution in [1.82, 2.24) is 0 Å². The Morgan fingerprint density at radius 3 is 2.86 bits per heavy atom. The highest BCUT2D eigenvalue weighted by molar-refractivity contribution is 5.93. The van der Waals surface area contributed by atoms with Crippen LogP contribution in [0.15, 0.2) is 30.0 Å². The summed E-state index contributed by atoms with van der Waals surface area (Å²) in [6, 6.07) is 5.69. The van der Waals surface area contributed by atoms with E-state index in [0.717, 1.165) is 30.8 Å². The predicted molar refractivity (Wildman–Crippen MR) is 78.8 cm³/mol. The van der Waals surface area contributed by atoms with E-state index >= 15 is 0 Å². The molecular formula is C16H19NO4. The van der Waals surface area contributed by atoms with Gasteiger partial charge in [0.1, 0.15) is 6.10 Å². The lowest BCUT2D eigenvalue weighted by Gasteiger charge is -2.16. The lowest BCUT2D eigenvalue weighted by atomic mass is 10.2. The molecule has 0 amide bonds. The van der Waals surface area contributed by atoms with Crippen molar-refractivity contribution < 1.29 is 19.0 Å². The Labute approximate surface area is 123 Å². The zero-order valence-corrected chi connectivity index (χ0v) is 12.1. The lowest BCUT2D eigenvalue weighted by Crippen LogP contribution is -2.16. The van der Waals surface area contributed by atoms with Gasteiger partial charge in [-0.3, -0.25) is 4.79 Å². The molecule has 1 aliphatic carbocycles. The fraction of sp³-hybridized carbons (Fsp3) is 0.438. The molecular weight excluding hydrogens is 270 g/mol. The second kappa shape index (κ2) is 6.18. The van der Waals surface area contributed by atoms with Crippen molar-refractivity contribution in [2.45, 2.75) is 25.4 Å². The van der Waals surface area contributed by atoms with E-state index in [2.05, 4.69) is 5.32 Å². The smallest absolute Gasteiger partial charge is 0.163 e. The number of anilines is 1. The highest BCUT2D eigenvalue weighted by Crippen LogP contribution is 2.33. The van der Waals surface area contributed by atoms with Crippen LogP contribution in [0.4, 0.5) is 5.69 Å². The van der Waals surface area contributed by atoms with E-state index in [4.69, 9.17) is 14.2 Å². The van der Waals surface area contributed by atoms with Crippen LogP contribution in [-0.2, 0) is 9.53 Å². The van der Waals surface area contributed by atoms with Gasteiger partial charge in [0.2, 0.25) is 0 Å². The summed E-state index contributed by atoms with van der Waals surface area (Å²) >= 11 is 0. The molecule has 21 heavy (non-hydrogen) atoms. The third kappa shape index (κ3) is 3.36. The molecule has 0 spiro atoms. The average molecular weight is 289 g/mol. The molecule has 1 aromatic carbocycles. The highest BCUT2D eigenvalue weighted by Gasteiger charge is 2.19. The van der Waals surface area contributed by atoms with Crippen LogP contribution in [0, 0.1) is 0 Å². The third-order valence-electron chi connectivity index (χ3n) is 3.63. The first-order valence-electron chi connectivity index (χ1n) is 7.17. The fourth-order valence-electron chi connectivity index (χ4n) is 2.51. The first kappa shape index (κ1) is 13.9. The number of carbonyl (C=O) groups excluding carboxylic acids is 1. The predicted octanol–water partition coefficient (Wildman–Crippen LogP) is 2.52. The third-order valence-corrected chi connectivity index (χ3v) is 3.63. The molecule has 1 aliphatic heterocycles. The molecule has 1 N–H and O–H groups in total. The Bertz CT molecular complexity index is 561. The fourth-order valence-corrected chi connectivity index (χ4v) is 2.51. The maximum absolute atomic E-state index is 11.3. The SMILES string of the molecule is COc1ccc(NC2=CC(=O)CC2)cc1OC1CCOC1. The van der Waals surface area contributed by atoms with Crippen molar-refractivity contribution >= 4 is 11.5 Å². The molecule has 2 aliphatic rings. The summed E-state index contributed by atoms with van der Waals surface area (Å²) in [5.74, 6) is 1.57. The van der Waals surface area contributed by atoms with Crippen molar-refractivity contribution in [2.75, 3.05) is 25.6 Å². The largest absolute Gasteiger partial charge is 0.493 e. The number of hydrogen-bond acceptors (Lipinski definition) is 5. The quantitative estimate of drug-likeness (QED) is 0.902. The van der Waals surface area contributed by atoms with Crippen LogP contribution in [0.3, 0.4) is 0 Å². The second-order valence-electron chi connectivity index (χ2n) is 5.23. The number of rotatable bonds is 5. The maximum Gasteiger partial charge on any atom is 0.163 e. The van der Waals surface area contributed by atoms with E-state index in [0.29, 0.717) is 24.5 Å². The van der Waals surface area contributed by atoms with Gasteiger partial charge in [-0.15, -0.1) is 0 Å². The minimum absolute atomic E-state index is 0.0708. The van der Waals surface area contributed by atoms with Gasteiger partial charge < -0.3 is 19.5 Å². The first-order chi connectivity index (χ1) is 10.2. The molecule has 112 valence electrons. The zero-order chi connectivity index (χ0) is 14.7. The van der Waals surface area contributed by atoms with Crippen LogP contribution in [0.1, 0.15) is 19.3 Å². The van der Waals surface area contributed by atoms with Crippen molar-refractivity contribution in [3.8, 4) is 11.5 Å². The molecule has 5 nitrogen and oxygen atoms in total. The number of ether oxygens (including phenoxy) is 3. The van der Waals surface area contributed by atoms with Gasteiger partial charge >= 0.3 is 0 Å². The molecule has 3 rings (SSSR count). The van der Waals surface area contributed by atoms with Crippen molar-refractivity contribution in [3.63, 3.8) is 0 Å².